The van der Waals surface area contributed by atoms with E-state index in [2.05, 4.69) is 16.2 Å². The Labute approximate surface area is 151 Å². The predicted octanol–water partition coefficient (Wildman–Crippen LogP) is 2.60. The summed E-state index contributed by atoms with van der Waals surface area (Å²) in [6.45, 7) is 2.65. The molecule has 0 aliphatic carbocycles. The Hall–Kier alpha value is -2.67. The number of ether oxygens (including phenoxy) is 1. The topological polar surface area (TPSA) is 62.4 Å². The van der Waals surface area contributed by atoms with Crippen molar-refractivity contribution in [2.45, 2.75) is 19.9 Å². The molecule has 0 spiro atoms. The zero-order valence-corrected chi connectivity index (χ0v) is 14.7. The highest BCUT2D eigenvalue weighted by molar-refractivity contribution is 7.80. The van der Waals surface area contributed by atoms with Crippen LogP contribution < -0.4 is 20.9 Å². The zero-order chi connectivity index (χ0) is 18.1. The number of rotatable bonds is 6. The van der Waals surface area contributed by atoms with Crippen molar-refractivity contribution in [1.29, 1.82) is 0 Å². The van der Waals surface area contributed by atoms with Crippen LogP contribution in [-0.4, -0.2) is 17.6 Å². The summed E-state index contributed by atoms with van der Waals surface area (Å²) in [6.07, 6.45) is 0.196. The van der Waals surface area contributed by atoms with Gasteiger partial charge < -0.3 is 10.1 Å². The highest BCUT2D eigenvalue weighted by atomic mass is 32.1. The molecule has 1 amide bonds. The first-order valence-electron chi connectivity index (χ1n) is 7.80. The van der Waals surface area contributed by atoms with Crippen LogP contribution in [0.15, 0.2) is 48.5 Å². The minimum absolute atomic E-state index is 0.196. The number of halogens is 1. The highest BCUT2D eigenvalue weighted by Gasteiger charge is 2.04. The van der Waals surface area contributed by atoms with E-state index in [4.69, 9.17) is 17.0 Å². The number of benzene rings is 2. The number of nitrogens with one attached hydrogen (secondary N) is 3. The fourth-order valence-electron chi connectivity index (χ4n) is 1.99. The lowest BCUT2D eigenvalue weighted by molar-refractivity contribution is -0.122. The summed E-state index contributed by atoms with van der Waals surface area (Å²) in [4.78, 5) is 11.8. The third kappa shape index (κ3) is 6.76. The molecule has 0 aliphatic heterocycles. The van der Waals surface area contributed by atoms with Gasteiger partial charge in [-0.3, -0.25) is 15.6 Å². The minimum atomic E-state index is -0.287. The Morgan fingerprint density at radius 3 is 2.56 bits per heavy atom. The average Bonchev–Trinajstić information content (AvgIpc) is 2.61. The van der Waals surface area contributed by atoms with Gasteiger partial charge >= 0.3 is 0 Å². The molecule has 25 heavy (non-hydrogen) atoms. The second-order valence-corrected chi connectivity index (χ2v) is 5.75. The van der Waals surface area contributed by atoms with Crippen molar-refractivity contribution in [2.75, 3.05) is 6.61 Å². The number of aryl methyl sites for hydroxylation is 1. The Balaban J connectivity index is 1.61. The number of hydrogen-bond donors (Lipinski definition) is 3. The van der Waals surface area contributed by atoms with E-state index in [1.165, 1.54) is 12.1 Å². The smallest absolute Gasteiger partial charge is 0.241 e. The third-order valence-electron chi connectivity index (χ3n) is 3.36. The van der Waals surface area contributed by atoms with Crippen LogP contribution in [0.1, 0.15) is 17.5 Å². The largest absolute Gasteiger partial charge is 0.493 e. The standard InChI is InChI=1S/C18H20FN3O2S/c1-13-4-2-3-5-16(13)24-11-10-17(23)21-22-18(25)20-12-14-6-8-15(19)9-7-14/h2-9H,10-12H2,1H3,(H,21,23)(H2,20,22,25). The van der Waals surface area contributed by atoms with E-state index >= 15 is 0 Å². The van der Waals surface area contributed by atoms with Gasteiger partial charge in [0.2, 0.25) is 5.91 Å². The molecular weight excluding hydrogens is 341 g/mol. The minimum Gasteiger partial charge on any atom is -0.493 e. The molecule has 0 heterocycles. The van der Waals surface area contributed by atoms with Gasteiger partial charge in [-0.2, -0.15) is 0 Å². The van der Waals surface area contributed by atoms with E-state index in [1.807, 2.05) is 31.2 Å². The monoisotopic (exact) mass is 361 g/mol. The van der Waals surface area contributed by atoms with Gasteiger partial charge in [0, 0.05) is 6.54 Å². The molecule has 7 heteroatoms. The van der Waals surface area contributed by atoms with Crippen molar-refractivity contribution < 1.29 is 13.9 Å². The van der Waals surface area contributed by atoms with E-state index in [-0.39, 0.29) is 29.9 Å². The average molecular weight is 361 g/mol. The molecule has 132 valence electrons. The van der Waals surface area contributed by atoms with Crippen molar-refractivity contribution in [3.05, 3.63) is 65.5 Å². The quantitative estimate of drug-likeness (QED) is 0.545. The lowest BCUT2D eigenvalue weighted by Gasteiger charge is -2.12. The van der Waals surface area contributed by atoms with E-state index in [0.717, 1.165) is 16.9 Å². The van der Waals surface area contributed by atoms with Crippen LogP contribution >= 0.6 is 12.2 Å². The summed E-state index contributed by atoms with van der Waals surface area (Å²) >= 11 is 5.06. The molecule has 0 aromatic heterocycles. The first-order valence-corrected chi connectivity index (χ1v) is 8.21. The SMILES string of the molecule is Cc1ccccc1OCCC(=O)NNC(=S)NCc1ccc(F)cc1. The normalized spacial score (nSPS) is 10.0. The summed E-state index contributed by atoms with van der Waals surface area (Å²) < 4.78 is 18.4. The zero-order valence-electron chi connectivity index (χ0n) is 13.8. The number of carbonyl (C=O) groups excluding carboxylic acids is 1. The Morgan fingerprint density at radius 2 is 1.84 bits per heavy atom. The lowest BCUT2D eigenvalue weighted by Crippen LogP contribution is -2.46. The third-order valence-corrected chi connectivity index (χ3v) is 3.61. The number of hydrogen-bond acceptors (Lipinski definition) is 3. The molecule has 0 fully saturated rings. The van der Waals surface area contributed by atoms with Crippen LogP contribution in [0, 0.1) is 12.7 Å². The second-order valence-electron chi connectivity index (χ2n) is 5.35. The number of amides is 1. The van der Waals surface area contributed by atoms with Gasteiger partial charge in [-0.15, -0.1) is 0 Å². The molecule has 2 aromatic rings. The highest BCUT2D eigenvalue weighted by Crippen LogP contribution is 2.16. The molecule has 0 saturated heterocycles. The molecule has 0 unspecified atom stereocenters. The maximum atomic E-state index is 12.8. The van der Waals surface area contributed by atoms with Crippen LogP contribution in [0.2, 0.25) is 0 Å². The number of carbonyl (C=O) groups is 1. The van der Waals surface area contributed by atoms with Gasteiger partial charge in [-0.1, -0.05) is 30.3 Å². The summed E-state index contributed by atoms with van der Waals surface area (Å²) in [5, 5.41) is 3.19. The van der Waals surface area contributed by atoms with E-state index < -0.39 is 0 Å². The molecule has 2 rings (SSSR count). The van der Waals surface area contributed by atoms with Crippen molar-refractivity contribution >= 4 is 23.2 Å². The molecular formula is C18H20FN3O2S. The first-order chi connectivity index (χ1) is 12.0. The van der Waals surface area contributed by atoms with Gasteiger partial charge in [0.1, 0.15) is 11.6 Å². The molecule has 0 saturated carbocycles. The summed E-state index contributed by atoms with van der Waals surface area (Å²) in [7, 11) is 0. The molecule has 2 aromatic carbocycles. The molecule has 3 N–H and O–H groups in total. The van der Waals surface area contributed by atoms with Crippen molar-refractivity contribution in [1.82, 2.24) is 16.2 Å². The maximum absolute atomic E-state index is 12.8. The van der Waals surface area contributed by atoms with Crippen LogP contribution in [0.3, 0.4) is 0 Å². The van der Waals surface area contributed by atoms with Crippen molar-refractivity contribution in [3.63, 3.8) is 0 Å². The van der Waals surface area contributed by atoms with Gasteiger partial charge in [0.15, 0.2) is 5.11 Å². The molecule has 5 nitrogen and oxygen atoms in total. The first kappa shape index (κ1) is 18.7. The van der Waals surface area contributed by atoms with E-state index in [0.29, 0.717) is 6.54 Å². The van der Waals surface area contributed by atoms with Gasteiger partial charge in [0.05, 0.1) is 13.0 Å². The summed E-state index contributed by atoms with van der Waals surface area (Å²) in [6, 6.07) is 13.7. The van der Waals surface area contributed by atoms with Crippen LogP contribution in [0.4, 0.5) is 4.39 Å². The lowest BCUT2D eigenvalue weighted by atomic mass is 10.2. The van der Waals surface area contributed by atoms with Crippen LogP contribution in [-0.2, 0) is 11.3 Å². The van der Waals surface area contributed by atoms with Crippen molar-refractivity contribution in [3.8, 4) is 5.75 Å². The number of thiocarbonyl (C=S) groups is 1. The predicted molar refractivity (Wildman–Crippen MR) is 98.4 cm³/mol. The van der Waals surface area contributed by atoms with Gasteiger partial charge in [-0.25, -0.2) is 4.39 Å². The van der Waals surface area contributed by atoms with Gasteiger partial charge in [0.25, 0.3) is 0 Å². The Morgan fingerprint density at radius 1 is 1.12 bits per heavy atom. The molecule has 0 aliphatic rings. The van der Waals surface area contributed by atoms with Crippen LogP contribution in [0.25, 0.3) is 0 Å². The fourth-order valence-corrected chi connectivity index (χ4v) is 2.11. The maximum Gasteiger partial charge on any atom is 0.241 e. The summed E-state index contributed by atoms with van der Waals surface area (Å²) in [5.41, 5.74) is 7.01. The number of para-hydroxylation sites is 1. The van der Waals surface area contributed by atoms with E-state index in [9.17, 15) is 9.18 Å². The Bertz CT molecular complexity index is 723. The van der Waals surface area contributed by atoms with Gasteiger partial charge in [-0.05, 0) is 48.5 Å². The molecule has 0 radical (unpaired) electrons. The van der Waals surface area contributed by atoms with E-state index in [1.54, 1.807) is 12.1 Å². The second kappa shape index (κ2) is 9.58. The van der Waals surface area contributed by atoms with Crippen molar-refractivity contribution in [2.24, 2.45) is 0 Å². The summed E-state index contributed by atoms with van der Waals surface area (Å²) in [5.74, 6) is 0.240. The molecule has 0 bridgehead atoms. The van der Waals surface area contributed by atoms with Crippen LogP contribution in [0.5, 0.6) is 5.75 Å². The fraction of sp³-hybridized carbons (Fsp3) is 0.222. The Kier molecular flexibility index (Phi) is 7.16. The number of hydrazine groups is 1. The molecule has 0 atom stereocenters.